The van der Waals surface area contributed by atoms with Gasteiger partial charge in [0, 0.05) is 31.2 Å². The van der Waals surface area contributed by atoms with Crippen LogP contribution in [0.1, 0.15) is 31.2 Å². The number of aryl methyl sites for hydroxylation is 1. The third-order valence-corrected chi connectivity index (χ3v) is 6.34. The molecule has 2 saturated heterocycles. The van der Waals surface area contributed by atoms with Gasteiger partial charge in [0.05, 0.1) is 5.75 Å². The maximum atomic E-state index is 12.4. The van der Waals surface area contributed by atoms with E-state index in [2.05, 4.69) is 24.0 Å². The fraction of sp³-hybridized carbons (Fsp3) is 0.611. The van der Waals surface area contributed by atoms with Crippen LogP contribution in [-0.4, -0.2) is 42.9 Å². The number of ether oxygens (including phenoxy) is 1. The molecule has 2 fully saturated rings. The topological polar surface area (TPSA) is 29.5 Å². The van der Waals surface area contributed by atoms with Gasteiger partial charge in [-0.2, -0.15) is 0 Å². The van der Waals surface area contributed by atoms with Gasteiger partial charge in [-0.05, 0) is 49.7 Å². The lowest BCUT2D eigenvalue weighted by molar-refractivity contribution is -0.131. The standard InChI is InChI=1S/C18H25NO2S/c1-15-4-2-3-5-16(15)22-14-17(20)19-10-6-18(7-11-19)8-12-21-13-9-18/h2-5H,6-14H2,1H3. The number of carbonyl (C=O) groups excluding carboxylic acids is 1. The van der Waals surface area contributed by atoms with E-state index < -0.39 is 0 Å². The lowest BCUT2D eigenvalue weighted by atomic mass is 9.72. The minimum absolute atomic E-state index is 0.287. The Hall–Kier alpha value is -1.00. The summed E-state index contributed by atoms with van der Waals surface area (Å²) in [7, 11) is 0. The Kier molecular flexibility index (Phi) is 5.09. The van der Waals surface area contributed by atoms with Crippen LogP contribution in [0.25, 0.3) is 0 Å². The highest BCUT2D eigenvalue weighted by Crippen LogP contribution is 2.40. The fourth-order valence-electron chi connectivity index (χ4n) is 3.48. The number of likely N-dealkylation sites (tertiary alicyclic amines) is 1. The molecule has 22 heavy (non-hydrogen) atoms. The molecule has 0 aromatic heterocycles. The molecule has 0 N–H and O–H groups in total. The van der Waals surface area contributed by atoms with Crippen molar-refractivity contribution in [1.29, 1.82) is 0 Å². The van der Waals surface area contributed by atoms with Crippen LogP contribution in [0.4, 0.5) is 0 Å². The van der Waals surface area contributed by atoms with E-state index in [4.69, 9.17) is 4.74 Å². The van der Waals surface area contributed by atoms with Gasteiger partial charge in [0.25, 0.3) is 0 Å². The van der Waals surface area contributed by atoms with Crippen molar-refractivity contribution in [3.05, 3.63) is 29.8 Å². The molecule has 2 aliphatic heterocycles. The van der Waals surface area contributed by atoms with Crippen molar-refractivity contribution in [2.45, 2.75) is 37.5 Å². The van der Waals surface area contributed by atoms with Crippen LogP contribution >= 0.6 is 11.8 Å². The lowest BCUT2D eigenvalue weighted by Gasteiger charge is -2.44. The van der Waals surface area contributed by atoms with Crippen LogP contribution in [0.15, 0.2) is 29.2 Å². The van der Waals surface area contributed by atoms with Gasteiger partial charge in [-0.3, -0.25) is 4.79 Å². The highest BCUT2D eigenvalue weighted by Gasteiger charge is 2.36. The largest absolute Gasteiger partial charge is 0.381 e. The molecule has 0 bridgehead atoms. The zero-order chi connectivity index (χ0) is 15.4. The third-order valence-electron chi connectivity index (χ3n) is 5.18. The molecule has 3 nitrogen and oxygen atoms in total. The Labute approximate surface area is 137 Å². The number of hydrogen-bond acceptors (Lipinski definition) is 3. The normalized spacial score (nSPS) is 21.0. The summed E-state index contributed by atoms with van der Waals surface area (Å²) in [5.74, 6) is 0.844. The van der Waals surface area contributed by atoms with Gasteiger partial charge in [-0.15, -0.1) is 11.8 Å². The third kappa shape index (κ3) is 3.66. The lowest BCUT2D eigenvalue weighted by Crippen LogP contribution is -2.45. The molecule has 0 radical (unpaired) electrons. The predicted molar refractivity (Wildman–Crippen MR) is 90.2 cm³/mol. The zero-order valence-electron chi connectivity index (χ0n) is 13.3. The first-order valence-electron chi connectivity index (χ1n) is 8.23. The number of carbonyl (C=O) groups is 1. The average Bonchev–Trinajstić information content (AvgIpc) is 2.55. The molecule has 2 heterocycles. The van der Waals surface area contributed by atoms with Crippen LogP contribution in [0.2, 0.25) is 0 Å². The van der Waals surface area contributed by atoms with Crippen molar-refractivity contribution >= 4 is 17.7 Å². The van der Waals surface area contributed by atoms with E-state index in [1.54, 1.807) is 11.8 Å². The Bertz CT molecular complexity index is 516. The number of piperidine rings is 1. The fourth-order valence-corrected chi connectivity index (χ4v) is 4.42. The molecule has 0 atom stereocenters. The van der Waals surface area contributed by atoms with E-state index >= 15 is 0 Å². The SMILES string of the molecule is Cc1ccccc1SCC(=O)N1CCC2(CCOCC2)CC1. The van der Waals surface area contributed by atoms with E-state index in [1.807, 2.05) is 12.1 Å². The molecule has 1 aromatic rings. The molecule has 4 heteroatoms. The number of amides is 1. The van der Waals surface area contributed by atoms with Gasteiger partial charge in [0.15, 0.2) is 0 Å². The maximum Gasteiger partial charge on any atom is 0.232 e. The summed E-state index contributed by atoms with van der Waals surface area (Å²) in [5, 5.41) is 0. The Morgan fingerprint density at radius 3 is 2.55 bits per heavy atom. The van der Waals surface area contributed by atoms with E-state index in [0.717, 1.165) is 39.1 Å². The van der Waals surface area contributed by atoms with Gasteiger partial charge in [-0.25, -0.2) is 0 Å². The summed E-state index contributed by atoms with van der Waals surface area (Å²) >= 11 is 1.66. The van der Waals surface area contributed by atoms with Crippen LogP contribution in [-0.2, 0) is 9.53 Å². The Balaban J connectivity index is 1.49. The summed E-state index contributed by atoms with van der Waals surface area (Å²) < 4.78 is 5.49. The number of thioether (sulfide) groups is 1. The van der Waals surface area contributed by atoms with Crippen molar-refractivity contribution in [3.8, 4) is 0 Å². The highest BCUT2D eigenvalue weighted by molar-refractivity contribution is 8.00. The summed E-state index contributed by atoms with van der Waals surface area (Å²) in [5.41, 5.74) is 1.71. The Morgan fingerprint density at radius 1 is 1.18 bits per heavy atom. The monoisotopic (exact) mass is 319 g/mol. The van der Waals surface area contributed by atoms with Crippen molar-refractivity contribution in [2.75, 3.05) is 32.1 Å². The van der Waals surface area contributed by atoms with Crippen LogP contribution in [0.5, 0.6) is 0 Å². The second-order valence-electron chi connectivity index (χ2n) is 6.55. The second-order valence-corrected chi connectivity index (χ2v) is 7.56. The van der Waals surface area contributed by atoms with Crippen LogP contribution in [0.3, 0.4) is 0 Å². The summed E-state index contributed by atoms with van der Waals surface area (Å²) in [6.07, 6.45) is 4.65. The Morgan fingerprint density at radius 2 is 1.86 bits per heavy atom. The zero-order valence-corrected chi connectivity index (χ0v) is 14.2. The van der Waals surface area contributed by atoms with Crippen molar-refractivity contribution in [3.63, 3.8) is 0 Å². The van der Waals surface area contributed by atoms with Gasteiger partial charge >= 0.3 is 0 Å². The quantitative estimate of drug-likeness (QED) is 0.799. The van der Waals surface area contributed by atoms with Gasteiger partial charge in [0.2, 0.25) is 5.91 Å². The number of rotatable bonds is 3. The summed E-state index contributed by atoms with van der Waals surface area (Å²) in [6, 6.07) is 8.28. The maximum absolute atomic E-state index is 12.4. The van der Waals surface area contributed by atoms with Gasteiger partial charge in [-0.1, -0.05) is 18.2 Å². The first-order valence-corrected chi connectivity index (χ1v) is 9.21. The molecule has 3 rings (SSSR count). The first kappa shape index (κ1) is 15.9. The molecule has 2 aliphatic rings. The van der Waals surface area contributed by atoms with Gasteiger partial charge in [0.1, 0.15) is 0 Å². The minimum Gasteiger partial charge on any atom is -0.381 e. The van der Waals surface area contributed by atoms with Crippen molar-refractivity contribution < 1.29 is 9.53 Å². The number of nitrogens with zero attached hydrogens (tertiary/aromatic N) is 1. The summed E-state index contributed by atoms with van der Waals surface area (Å²) in [6.45, 7) is 5.75. The number of hydrogen-bond donors (Lipinski definition) is 0. The molecular weight excluding hydrogens is 294 g/mol. The van der Waals surface area contributed by atoms with E-state index in [9.17, 15) is 4.79 Å². The highest BCUT2D eigenvalue weighted by atomic mass is 32.2. The molecule has 1 amide bonds. The van der Waals surface area contributed by atoms with Crippen LogP contribution < -0.4 is 0 Å². The van der Waals surface area contributed by atoms with E-state index in [-0.39, 0.29) is 5.91 Å². The van der Waals surface area contributed by atoms with Crippen molar-refractivity contribution in [2.24, 2.45) is 5.41 Å². The minimum atomic E-state index is 0.287. The smallest absolute Gasteiger partial charge is 0.232 e. The molecule has 1 spiro atoms. The molecular formula is C18H25NO2S. The van der Waals surface area contributed by atoms with E-state index in [1.165, 1.54) is 23.3 Å². The molecule has 120 valence electrons. The number of benzene rings is 1. The van der Waals surface area contributed by atoms with Crippen LogP contribution in [0, 0.1) is 12.3 Å². The van der Waals surface area contributed by atoms with Gasteiger partial charge < -0.3 is 9.64 Å². The summed E-state index contributed by atoms with van der Waals surface area (Å²) in [4.78, 5) is 15.7. The first-order chi connectivity index (χ1) is 10.7. The molecule has 0 aliphatic carbocycles. The molecule has 1 aromatic carbocycles. The van der Waals surface area contributed by atoms with E-state index in [0.29, 0.717) is 11.2 Å². The molecule has 0 unspecified atom stereocenters. The average molecular weight is 319 g/mol. The predicted octanol–water partition coefficient (Wildman–Crippen LogP) is 3.51. The molecule has 0 saturated carbocycles. The second kappa shape index (κ2) is 7.05. The van der Waals surface area contributed by atoms with Crippen molar-refractivity contribution in [1.82, 2.24) is 4.90 Å².